The fraction of sp³-hybridized carbons (Fsp3) is 0.714. The molecule has 0 aliphatic heterocycles. The fourth-order valence-electron chi connectivity index (χ4n) is 3.32. The van der Waals surface area contributed by atoms with E-state index in [1.165, 1.54) is 12.8 Å². The first kappa shape index (κ1) is 22.2. The van der Waals surface area contributed by atoms with E-state index in [0.29, 0.717) is 24.7 Å². The Labute approximate surface area is 164 Å². The van der Waals surface area contributed by atoms with Gasteiger partial charge in [0.2, 0.25) is 10.0 Å². The molecular formula is C21H35NO4S. The highest BCUT2D eigenvalue weighted by Crippen LogP contribution is 2.26. The van der Waals surface area contributed by atoms with Gasteiger partial charge in [0.25, 0.3) is 0 Å². The van der Waals surface area contributed by atoms with Crippen molar-refractivity contribution in [2.45, 2.75) is 82.8 Å². The molecular weight excluding hydrogens is 362 g/mol. The Morgan fingerprint density at radius 3 is 2.59 bits per heavy atom. The van der Waals surface area contributed by atoms with Gasteiger partial charge in [0, 0.05) is 24.8 Å². The highest BCUT2D eigenvalue weighted by Gasteiger charge is 2.26. The Morgan fingerprint density at radius 2 is 1.93 bits per heavy atom. The van der Waals surface area contributed by atoms with Gasteiger partial charge in [-0.25, -0.2) is 13.1 Å². The van der Waals surface area contributed by atoms with Gasteiger partial charge in [-0.3, -0.25) is 0 Å². The van der Waals surface area contributed by atoms with Crippen LogP contribution in [-0.4, -0.2) is 33.3 Å². The van der Waals surface area contributed by atoms with Crippen molar-refractivity contribution in [3.05, 3.63) is 24.3 Å². The number of nitrogens with one attached hydrogen (secondary N) is 1. The number of hydrogen-bond donors (Lipinski definition) is 1. The standard InChI is InChI=1S/C21H35NO4S/c1-17(2)16-25-14-8-13-21(3,4)22-27(23,24)20-12-7-11-19(15-20)26-18-9-5-6-10-18/h7,11-12,15,17-18,22H,5-6,8-10,13-14,16H2,1-4H3. The van der Waals surface area contributed by atoms with Gasteiger partial charge in [-0.15, -0.1) is 0 Å². The second-order valence-corrected chi connectivity index (χ2v) is 10.2. The average Bonchev–Trinajstić information content (AvgIpc) is 3.06. The second-order valence-electron chi connectivity index (χ2n) is 8.56. The Hall–Kier alpha value is -1.11. The molecule has 1 aliphatic rings. The van der Waals surface area contributed by atoms with E-state index in [0.717, 1.165) is 25.9 Å². The van der Waals surface area contributed by atoms with Crippen molar-refractivity contribution in [2.75, 3.05) is 13.2 Å². The van der Waals surface area contributed by atoms with Crippen molar-refractivity contribution in [3.8, 4) is 5.75 Å². The van der Waals surface area contributed by atoms with Crippen molar-refractivity contribution in [1.29, 1.82) is 0 Å². The summed E-state index contributed by atoms with van der Waals surface area (Å²) in [6, 6.07) is 6.81. The lowest BCUT2D eigenvalue weighted by Crippen LogP contribution is -2.43. The molecule has 0 saturated heterocycles. The van der Waals surface area contributed by atoms with E-state index in [1.807, 2.05) is 19.9 Å². The molecule has 27 heavy (non-hydrogen) atoms. The minimum absolute atomic E-state index is 0.207. The normalized spacial score (nSPS) is 16.2. The third kappa shape index (κ3) is 7.80. The molecule has 0 bridgehead atoms. The topological polar surface area (TPSA) is 64.6 Å². The monoisotopic (exact) mass is 397 g/mol. The van der Waals surface area contributed by atoms with E-state index in [9.17, 15) is 8.42 Å². The van der Waals surface area contributed by atoms with Gasteiger partial charge < -0.3 is 9.47 Å². The minimum atomic E-state index is -3.60. The highest BCUT2D eigenvalue weighted by atomic mass is 32.2. The van der Waals surface area contributed by atoms with Gasteiger partial charge >= 0.3 is 0 Å². The molecule has 0 radical (unpaired) electrons. The second kappa shape index (κ2) is 9.89. The van der Waals surface area contributed by atoms with Crippen LogP contribution in [0.4, 0.5) is 0 Å². The smallest absolute Gasteiger partial charge is 0.241 e. The third-order valence-corrected chi connectivity index (χ3v) is 6.37. The molecule has 1 fully saturated rings. The number of ether oxygens (including phenoxy) is 2. The Morgan fingerprint density at radius 1 is 1.22 bits per heavy atom. The molecule has 2 rings (SSSR count). The molecule has 154 valence electrons. The van der Waals surface area contributed by atoms with Crippen LogP contribution in [0.15, 0.2) is 29.2 Å². The van der Waals surface area contributed by atoms with Gasteiger partial charge in [-0.1, -0.05) is 19.9 Å². The van der Waals surface area contributed by atoms with Crippen molar-refractivity contribution in [1.82, 2.24) is 4.72 Å². The van der Waals surface area contributed by atoms with E-state index >= 15 is 0 Å². The first-order valence-corrected chi connectivity index (χ1v) is 11.5. The van der Waals surface area contributed by atoms with Crippen LogP contribution in [0, 0.1) is 5.92 Å². The Balaban J connectivity index is 1.92. The van der Waals surface area contributed by atoms with Crippen LogP contribution in [-0.2, 0) is 14.8 Å². The quantitative estimate of drug-likeness (QED) is 0.558. The van der Waals surface area contributed by atoms with Gasteiger partial charge in [-0.2, -0.15) is 0 Å². The van der Waals surface area contributed by atoms with Gasteiger partial charge in [0.05, 0.1) is 11.0 Å². The number of hydrogen-bond acceptors (Lipinski definition) is 4. The van der Waals surface area contributed by atoms with E-state index in [4.69, 9.17) is 9.47 Å². The number of sulfonamides is 1. The van der Waals surface area contributed by atoms with Gasteiger partial charge in [-0.05, 0) is 70.4 Å². The summed E-state index contributed by atoms with van der Waals surface area (Å²) in [4.78, 5) is 0.252. The lowest BCUT2D eigenvalue weighted by atomic mass is 10.0. The van der Waals surface area contributed by atoms with Gasteiger partial charge in [0.1, 0.15) is 5.75 Å². The molecule has 0 spiro atoms. The molecule has 0 aromatic heterocycles. The molecule has 0 atom stereocenters. The summed E-state index contributed by atoms with van der Waals surface area (Å²) in [5, 5.41) is 0. The van der Waals surface area contributed by atoms with Crippen molar-refractivity contribution in [2.24, 2.45) is 5.92 Å². The molecule has 1 saturated carbocycles. The third-order valence-electron chi connectivity index (χ3n) is 4.67. The predicted octanol–water partition coefficient (Wildman–Crippen LogP) is 4.52. The molecule has 1 N–H and O–H groups in total. The molecule has 0 amide bonds. The molecule has 6 heteroatoms. The van der Waals surface area contributed by atoms with Crippen LogP contribution >= 0.6 is 0 Å². The average molecular weight is 398 g/mol. The zero-order valence-corrected chi connectivity index (χ0v) is 18.0. The van der Waals surface area contributed by atoms with E-state index < -0.39 is 15.6 Å². The largest absolute Gasteiger partial charge is 0.490 e. The number of benzene rings is 1. The van der Waals surface area contributed by atoms with Crippen molar-refractivity contribution >= 4 is 10.0 Å². The lowest BCUT2D eigenvalue weighted by Gasteiger charge is -2.26. The zero-order valence-electron chi connectivity index (χ0n) is 17.2. The van der Waals surface area contributed by atoms with Crippen LogP contribution in [0.25, 0.3) is 0 Å². The zero-order chi connectivity index (χ0) is 19.9. The molecule has 1 aromatic carbocycles. The molecule has 1 aromatic rings. The first-order chi connectivity index (χ1) is 12.7. The summed E-state index contributed by atoms with van der Waals surface area (Å²) in [5.74, 6) is 1.14. The molecule has 0 unspecified atom stereocenters. The summed E-state index contributed by atoms with van der Waals surface area (Å²) < 4.78 is 40.0. The lowest BCUT2D eigenvalue weighted by molar-refractivity contribution is 0.103. The van der Waals surface area contributed by atoms with Crippen molar-refractivity contribution in [3.63, 3.8) is 0 Å². The summed E-state index contributed by atoms with van der Waals surface area (Å²) >= 11 is 0. The van der Waals surface area contributed by atoms with Crippen LogP contribution in [0.5, 0.6) is 5.75 Å². The summed E-state index contributed by atoms with van der Waals surface area (Å²) in [6.07, 6.45) is 6.18. The van der Waals surface area contributed by atoms with Crippen molar-refractivity contribution < 1.29 is 17.9 Å². The minimum Gasteiger partial charge on any atom is -0.490 e. The Kier molecular flexibility index (Phi) is 8.13. The van der Waals surface area contributed by atoms with E-state index in [1.54, 1.807) is 18.2 Å². The van der Waals surface area contributed by atoms with E-state index in [2.05, 4.69) is 18.6 Å². The molecule has 1 aliphatic carbocycles. The predicted molar refractivity (Wildman–Crippen MR) is 109 cm³/mol. The van der Waals surface area contributed by atoms with Gasteiger partial charge in [0.15, 0.2) is 0 Å². The fourth-order valence-corrected chi connectivity index (χ4v) is 4.80. The summed E-state index contributed by atoms with van der Waals surface area (Å²) in [7, 11) is -3.60. The maximum Gasteiger partial charge on any atom is 0.241 e. The maximum absolute atomic E-state index is 12.8. The number of rotatable bonds is 11. The molecule has 5 nitrogen and oxygen atoms in total. The van der Waals surface area contributed by atoms with E-state index in [-0.39, 0.29) is 11.0 Å². The SMILES string of the molecule is CC(C)COCCCC(C)(C)NS(=O)(=O)c1cccc(OC2CCCC2)c1. The first-order valence-electron chi connectivity index (χ1n) is 10.1. The summed E-state index contributed by atoms with van der Waals surface area (Å²) in [5.41, 5.74) is -0.539. The highest BCUT2D eigenvalue weighted by molar-refractivity contribution is 7.89. The van der Waals surface area contributed by atoms with Crippen LogP contribution < -0.4 is 9.46 Å². The maximum atomic E-state index is 12.8. The Bertz CT molecular complexity index is 679. The summed E-state index contributed by atoms with van der Waals surface area (Å²) in [6.45, 7) is 9.43. The van der Waals surface area contributed by atoms with Crippen LogP contribution in [0.2, 0.25) is 0 Å². The van der Waals surface area contributed by atoms with Crippen LogP contribution in [0.1, 0.15) is 66.2 Å². The van der Waals surface area contributed by atoms with Crippen LogP contribution in [0.3, 0.4) is 0 Å². The molecule has 0 heterocycles.